The fourth-order valence-corrected chi connectivity index (χ4v) is 5.03. The Kier molecular flexibility index (Phi) is 3.61. The summed E-state index contributed by atoms with van der Waals surface area (Å²) >= 11 is 6.35. The van der Waals surface area contributed by atoms with Gasteiger partial charge in [0.25, 0.3) is 0 Å². The van der Waals surface area contributed by atoms with Crippen LogP contribution in [0.3, 0.4) is 0 Å². The van der Waals surface area contributed by atoms with E-state index in [9.17, 15) is 0 Å². The number of hydrogen-bond donors (Lipinski definition) is 0. The maximum absolute atomic E-state index is 6.35. The first-order valence-corrected chi connectivity index (χ1v) is 9.52. The van der Waals surface area contributed by atoms with E-state index >= 15 is 0 Å². The van der Waals surface area contributed by atoms with Gasteiger partial charge in [-0.25, -0.2) is 0 Å². The molecule has 2 aliphatic rings. The zero-order valence-electron chi connectivity index (χ0n) is 14.5. The number of likely N-dealkylation sites (N-methyl/N-ethyl adjacent to an activating group) is 1. The normalized spacial score (nSPS) is 22.5. The van der Waals surface area contributed by atoms with Gasteiger partial charge in [0.15, 0.2) is 0 Å². The SMILES string of the molecule is CN1C2CCC1c1c(n(CCc3ccccn3)c3ccc(Cl)cc13)C2. The summed E-state index contributed by atoms with van der Waals surface area (Å²) in [7, 11) is 2.28. The van der Waals surface area contributed by atoms with E-state index in [1.54, 1.807) is 0 Å². The predicted molar refractivity (Wildman–Crippen MR) is 102 cm³/mol. The van der Waals surface area contributed by atoms with E-state index < -0.39 is 0 Å². The molecule has 2 aromatic heterocycles. The summed E-state index contributed by atoms with van der Waals surface area (Å²) in [5.74, 6) is 0. The molecule has 1 fully saturated rings. The molecule has 128 valence electrons. The molecule has 2 aliphatic heterocycles. The number of rotatable bonds is 3. The molecule has 1 aromatic carbocycles. The van der Waals surface area contributed by atoms with Crippen molar-refractivity contribution >= 4 is 22.5 Å². The van der Waals surface area contributed by atoms with E-state index in [2.05, 4.69) is 45.8 Å². The molecule has 2 atom stereocenters. The van der Waals surface area contributed by atoms with Gasteiger partial charge in [-0.3, -0.25) is 9.88 Å². The van der Waals surface area contributed by atoms with E-state index in [1.165, 1.54) is 35.0 Å². The Balaban J connectivity index is 1.62. The van der Waals surface area contributed by atoms with Gasteiger partial charge in [-0.1, -0.05) is 17.7 Å². The highest BCUT2D eigenvalue weighted by molar-refractivity contribution is 6.31. The summed E-state index contributed by atoms with van der Waals surface area (Å²) in [6, 6.07) is 13.8. The van der Waals surface area contributed by atoms with Gasteiger partial charge in [0.1, 0.15) is 0 Å². The molecule has 3 aromatic rings. The number of aromatic nitrogens is 2. The van der Waals surface area contributed by atoms with Crippen LogP contribution in [0.5, 0.6) is 0 Å². The highest BCUT2D eigenvalue weighted by Gasteiger charge is 2.40. The lowest BCUT2D eigenvalue weighted by Gasteiger charge is -2.32. The van der Waals surface area contributed by atoms with Gasteiger partial charge < -0.3 is 4.57 Å². The lowest BCUT2D eigenvalue weighted by Crippen LogP contribution is -2.34. The van der Waals surface area contributed by atoms with Crippen molar-refractivity contribution < 1.29 is 0 Å². The largest absolute Gasteiger partial charge is 0.344 e. The van der Waals surface area contributed by atoms with Crippen LogP contribution in [0, 0.1) is 0 Å². The molecule has 2 bridgehead atoms. The number of aryl methyl sites for hydroxylation is 2. The van der Waals surface area contributed by atoms with Crippen LogP contribution in [0.4, 0.5) is 0 Å². The van der Waals surface area contributed by atoms with Crippen LogP contribution in [0.25, 0.3) is 10.9 Å². The van der Waals surface area contributed by atoms with Crippen molar-refractivity contribution in [3.05, 3.63) is 64.6 Å². The standard InChI is InChI=1S/C21H22ClN3/c1-24-16-6-8-19(24)21-17-12-14(22)5-7-18(17)25(20(21)13-16)11-9-15-4-2-3-10-23-15/h2-5,7,10,12,16,19H,6,8-9,11,13H2,1H3. The van der Waals surface area contributed by atoms with Gasteiger partial charge in [0.2, 0.25) is 0 Å². The Labute approximate surface area is 153 Å². The van der Waals surface area contributed by atoms with Crippen molar-refractivity contribution in [2.24, 2.45) is 0 Å². The molecular formula is C21H22ClN3. The number of nitrogens with zero attached hydrogens (tertiary/aromatic N) is 3. The topological polar surface area (TPSA) is 21.1 Å². The van der Waals surface area contributed by atoms with E-state index in [1.807, 2.05) is 18.3 Å². The van der Waals surface area contributed by atoms with E-state index in [0.29, 0.717) is 12.1 Å². The smallest absolute Gasteiger partial charge is 0.0487 e. The number of hydrogen-bond acceptors (Lipinski definition) is 2. The van der Waals surface area contributed by atoms with Crippen molar-refractivity contribution in [2.75, 3.05) is 7.05 Å². The molecule has 0 radical (unpaired) electrons. The zero-order chi connectivity index (χ0) is 17.0. The second kappa shape index (κ2) is 5.86. The minimum atomic E-state index is 0.547. The van der Waals surface area contributed by atoms with Crippen molar-refractivity contribution in [1.29, 1.82) is 0 Å². The number of benzene rings is 1. The van der Waals surface area contributed by atoms with Crippen LogP contribution in [0.2, 0.25) is 5.02 Å². The van der Waals surface area contributed by atoms with E-state index in [-0.39, 0.29) is 0 Å². The molecule has 25 heavy (non-hydrogen) atoms. The number of pyridine rings is 1. The first-order chi connectivity index (χ1) is 12.2. The Morgan fingerprint density at radius 1 is 1.20 bits per heavy atom. The van der Waals surface area contributed by atoms with Gasteiger partial charge >= 0.3 is 0 Å². The molecule has 0 aliphatic carbocycles. The summed E-state index contributed by atoms with van der Waals surface area (Å²) in [6.45, 7) is 0.980. The molecule has 3 nitrogen and oxygen atoms in total. The molecule has 0 N–H and O–H groups in total. The molecule has 5 rings (SSSR count). The number of fused-ring (bicyclic) bond motifs is 6. The van der Waals surface area contributed by atoms with Gasteiger partial charge in [0.05, 0.1) is 0 Å². The van der Waals surface area contributed by atoms with Gasteiger partial charge in [-0.2, -0.15) is 0 Å². The minimum absolute atomic E-state index is 0.547. The Morgan fingerprint density at radius 2 is 2.12 bits per heavy atom. The molecule has 4 heterocycles. The van der Waals surface area contributed by atoms with Gasteiger partial charge in [0, 0.05) is 65.0 Å². The van der Waals surface area contributed by atoms with Crippen molar-refractivity contribution in [1.82, 2.24) is 14.5 Å². The molecular weight excluding hydrogens is 330 g/mol. The maximum Gasteiger partial charge on any atom is 0.0487 e. The molecule has 4 heteroatoms. The van der Waals surface area contributed by atoms with Crippen LogP contribution in [-0.4, -0.2) is 27.5 Å². The van der Waals surface area contributed by atoms with Crippen LogP contribution in [0.1, 0.15) is 35.8 Å². The van der Waals surface area contributed by atoms with Crippen LogP contribution in [0.15, 0.2) is 42.6 Å². The zero-order valence-corrected chi connectivity index (χ0v) is 15.2. The average Bonchev–Trinajstić information content (AvgIpc) is 3.04. The van der Waals surface area contributed by atoms with Gasteiger partial charge in [-0.15, -0.1) is 0 Å². The Bertz CT molecular complexity index is 931. The van der Waals surface area contributed by atoms with Crippen LogP contribution >= 0.6 is 11.6 Å². The Morgan fingerprint density at radius 3 is 2.96 bits per heavy atom. The summed E-state index contributed by atoms with van der Waals surface area (Å²) in [5, 5.41) is 2.18. The first-order valence-electron chi connectivity index (χ1n) is 9.15. The third-order valence-electron chi connectivity index (χ3n) is 6.10. The molecule has 0 spiro atoms. The fourth-order valence-electron chi connectivity index (χ4n) is 4.85. The molecule has 0 saturated carbocycles. The second-order valence-electron chi connectivity index (χ2n) is 7.36. The maximum atomic E-state index is 6.35. The summed E-state index contributed by atoms with van der Waals surface area (Å²) in [5.41, 5.74) is 5.53. The third kappa shape index (κ3) is 2.41. The quantitative estimate of drug-likeness (QED) is 0.686. The molecule has 1 saturated heterocycles. The lowest BCUT2D eigenvalue weighted by molar-refractivity contribution is 0.222. The lowest BCUT2D eigenvalue weighted by atomic mass is 9.97. The Hall–Kier alpha value is -1.84. The monoisotopic (exact) mass is 351 g/mol. The minimum Gasteiger partial charge on any atom is -0.344 e. The summed E-state index contributed by atoms with van der Waals surface area (Å²) in [6.07, 6.45) is 6.56. The average molecular weight is 352 g/mol. The van der Waals surface area contributed by atoms with Crippen LogP contribution in [-0.2, 0) is 19.4 Å². The third-order valence-corrected chi connectivity index (χ3v) is 6.33. The highest BCUT2D eigenvalue weighted by Crippen LogP contribution is 2.47. The van der Waals surface area contributed by atoms with Gasteiger partial charge in [-0.05, 0) is 55.8 Å². The fraction of sp³-hybridized carbons (Fsp3) is 0.381. The van der Waals surface area contributed by atoms with Crippen molar-refractivity contribution in [3.63, 3.8) is 0 Å². The van der Waals surface area contributed by atoms with E-state index in [4.69, 9.17) is 11.6 Å². The van der Waals surface area contributed by atoms with Crippen molar-refractivity contribution in [3.8, 4) is 0 Å². The summed E-state index contributed by atoms with van der Waals surface area (Å²) < 4.78 is 2.54. The number of halogens is 1. The highest BCUT2D eigenvalue weighted by atomic mass is 35.5. The molecule has 2 unspecified atom stereocenters. The van der Waals surface area contributed by atoms with E-state index in [0.717, 1.165) is 30.1 Å². The van der Waals surface area contributed by atoms with Crippen LogP contribution < -0.4 is 0 Å². The van der Waals surface area contributed by atoms with Crippen molar-refractivity contribution in [2.45, 2.75) is 44.3 Å². The molecule has 0 amide bonds. The summed E-state index contributed by atoms with van der Waals surface area (Å²) in [4.78, 5) is 7.07. The first kappa shape index (κ1) is 15.4. The second-order valence-corrected chi connectivity index (χ2v) is 7.80. The predicted octanol–water partition coefficient (Wildman–Crippen LogP) is 4.62.